The number of carbonyl (C=O) groups excluding carboxylic acids is 1. The number of nitriles is 1. The van der Waals surface area contributed by atoms with E-state index in [0.717, 1.165) is 33.4 Å². The second kappa shape index (κ2) is 8.81. The molecule has 1 N–H and O–H groups in total. The summed E-state index contributed by atoms with van der Waals surface area (Å²) >= 11 is 0. The van der Waals surface area contributed by atoms with Gasteiger partial charge in [-0.3, -0.25) is 14.9 Å². The van der Waals surface area contributed by atoms with Crippen LogP contribution in [0.15, 0.2) is 78.4 Å². The number of non-ortho nitro benzene ring substituents is 1. The number of nitro groups is 1. The first-order valence-electron chi connectivity index (χ1n) is 10.2. The average molecular weight is 436 g/mol. The molecule has 0 spiro atoms. The van der Waals surface area contributed by atoms with E-state index in [0.29, 0.717) is 5.69 Å². The van der Waals surface area contributed by atoms with Gasteiger partial charge in [0.2, 0.25) is 0 Å². The van der Waals surface area contributed by atoms with Crippen molar-refractivity contribution >= 4 is 34.1 Å². The summed E-state index contributed by atoms with van der Waals surface area (Å²) in [6.45, 7) is 3.77. The van der Waals surface area contributed by atoms with Crippen LogP contribution in [0.4, 0.5) is 11.4 Å². The number of anilines is 1. The number of amides is 1. The smallest absolute Gasteiger partial charge is 0.269 e. The van der Waals surface area contributed by atoms with E-state index in [9.17, 15) is 20.2 Å². The molecule has 0 aliphatic rings. The number of aryl methyl sites for hydroxylation is 1. The van der Waals surface area contributed by atoms with Crippen LogP contribution >= 0.6 is 0 Å². The third-order valence-electron chi connectivity index (χ3n) is 5.46. The number of fused-ring (bicyclic) bond motifs is 1. The number of carbonyl (C=O) groups is 1. The molecule has 1 aromatic heterocycles. The molecule has 0 aliphatic carbocycles. The Morgan fingerprint density at radius 3 is 2.39 bits per heavy atom. The largest absolute Gasteiger partial charge is 0.321 e. The first kappa shape index (κ1) is 21.5. The summed E-state index contributed by atoms with van der Waals surface area (Å²) in [7, 11) is 0. The lowest BCUT2D eigenvalue weighted by atomic mass is 10.1. The van der Waals surface area contributed by atoms with E-state index in [1.165, 1.54) is 12.1 Å². The lowest BCUT2D eigenvalue weighted by Gasteiger charge is -2.09. The third kappa shape index (κ3) is 4.36. The summed E-state index contributed by atoms with van der Waals surface area (Å²) < 4.78 is 1.92. The number of nitrogens with one attached hydrogen (secondary N) is 1. The van der Waals surface area contributed by atoms with Gasteiger partial charge in [0.15, 0.2) is 0 Å². The van der Waals surface area contributed by atoms with Crippen molar-refractivity contribution in [3.05, 3.63) is 105 Å². The van der Waals surface area contributed by atoms with Crippen molar-refractivity contribution in [1.29, 1.82) is 5.26 Å². The van der Waals surface area contributed by atoms with Gasteiger partial charge in [0, 0.05) is 34.9 Å². The van der Waals surface area contributed by atoms with E-state index in [4.69, 9.17) is 0 Å². The normalized spacial score (nSPS) is 11.2. The molecule has 4 rings (SSSR count). The molecule has 0 fully saturated rings. The Morgan fingerprint density at radius 2 is 1.73 bits per heavy atom. The molecule has 0 atom stereocenters. The number of nitrogens with zero attached hydrogens (tertiary/aromatic N) is 3. The van der Waals surface area contributed by atoms with Crippen molar-refractivity contribution < 1.29 is 9.72 Å². The van der Waals surface area contributed by atoms with Crippen molar-refractivity contribution in [1.82, 2.24) is 4.57 Å². The van der Waals surface area contributed by atoms with Crippen LogP contribution in [0.5, 0.6) is 0 Å². The summed E-state index contributed by atoms with van der Waals surface area (Å²) in [6.07, 6.45) is 1.56. The van der Waals surface area contributed by atoms with Crippen LogP contribution in [0.2, 0.25) is 0 Å². The molecule has 33 heavy (non-hydrogen) atoms. The number of rotatable bonds is 5. The topological polar surface area (TPSA) is 101 Å². The molecular formula is C26H20N4O3. The summed E-state index contributed by atoms with van der Waals surface area (Å²) in [5, 5.41) is 25.4. The minimum absolute atomic E-state index is 0.0125. The number of aromatic nitrogens is 1. The van der Waals surface area contributed by atoms with Crippen molar-refractivity contribution in [3.63, 3.8) is 0 Å². The SMILES string of the molecule is Cc1cc(C=C(C#N)C(=O)Nc2ccc3ccccc3c2)c(C)n1-c1ccc([N+](=O)[O-])cc1. The molecule has 7 nitrogen and oxygen atoms in total. The number of nitro benzene ring substituents is 1. The van der Waals surface area contributed by atoms with E-state index in [1.54, 1.807) is 24.3 Å². The molecule has 0 bridgehead atoms. The summed E-state index contributed by atoms with van der Waals surface area (Å²) in [5.74, 6) is -0.493. The van der Waals surface area contributed by atoms with Gasteiger partial charge in [-0.25, -0.2) is 0 Å². The Labute approximate surface area is 190 Å². The second-order valence-electron chi connectivity index (χ2n) is 7.62. The van der Waals surface area contributed by atoms with Gasteiger partial charge in [0.05, 0.1) is 4.92 Å². The Morgan fingerprint density at radius 1 is 1.03 bits per heavy atom. The lowest BCUT2D eigenvalue weighted by molar-refractivity contribution is -0.384. The zero-order valence-corrected chi connectivity index (χ0v) is 18.1. The van der Waals surface area contributed by atoms with Gasteiger partial charge in [0.25, 0.3) is 11.6 Å². The first-order valence-corrected chi connectivity index (χ1v) is 10.2. The molecule has 0 aliphatic heterocycles. The van der Waals surface area contributed by atoms with E-state index < -0.39 is 10.8 Å². The first-order chi connectivity index (χ1) is 15.9. The number of hydrogen-bond donors (Lipinski definition) is 1. The molecule has 0 radical (unpaired) electrons. The molecule has 4 aromatic rings. The summed E-state index contributed by atoms with van der Waals surface area (Å²) in [5.41, 5.74) is 3.76. The molecule has 0 saturated carbocycles. The Kier molecular flexibility index (Phi) is 5.75. The predicted molar refractivity (Wildman–Crippen MR) is 128 cm³/mol. The summed E-state index contributed by atoms with van der Waals surface area (Å²) in [4.78, 5) is 23.3. The van der Waals surface area contributed by atoms with E-state index in [2.05, 4.69) is 5.32 Å². The van der Waals surface area contributed by atoms with Gasteiger partial charge in [0.1, 0.15) is 11.6 Å². The van der Waals surface area contributed by atoms with Crippen LogP contribution in [-0.4, -0.2) is 15.4 Å². The maximum absolute atomic E-state index is 12.8. The van der Waals surface area contributed by atoms with Crippen LogP contribution in [0.25, 0.3) is 22.5 Å². The Bertz CT molecular complexity index is 1460. The Balaban J connectivity index is 1.62. The molecule has 1 amide bonds. The monoisotopic (exact) mass is 436 g/mol. The van der Waals surface area contributed by atoms with E-state index in [-0.39, 0.29) is 11.3 Å². The van der Waals surface area contributed by atoms with Crippen LogP contribution in [0, 0.1) is 35.3 Å². The molecule has 7 heteroatoms. The fraction of sp³-hybridized carbons (Fsp3) is 0.0769. The molecular weight excluding hydrogens is 416 g/mol. The summed E-state index contributed by atoms with van der Waals surface area (Å²) in [6, 6.07) is 23.5. The van der Waals surface area contributed by atoms with Gasteiger partial charge in [-0.1, -0.05) is 30.3 Å². The highest BCUT2D eigenvalue weighted by Crippen LogP contribution is 2.25. The van der Waals surface area contributed by atoms with Crippen LogP contribution < -0.4 is 5.32 Å². The number of benzene rings is 3. The molecule has 0 unspecified atom stereocenters. The van der Waals surface area contributed by atoms with Gasteiger partial charge in [-0.2, -0.15) is 5.26 Å². The van der Waals surface area contributed by atoms with Crippen molar-refractivity contribution in [2.45, 2.75) is 13.8 Å². The number of hydrogen-bond acceptors (Lipinski definition) is 4. The standard InChI is InChI=1S/C26H20N4O3/c1-17-13-21(18(2)29(17)24-9-11-25(12-10-24)30(32)33)14-22(16-27)26(31)28-23-8-7-19-5-3-4-6-20(19)15-23/h3-15H,1-2H3,(H,28,31). The minimum Gasteiger partial charge on any atom is -0.321 e. The predicted octanol–water partition coefficient (Wildman–Crippen LogP) is 5.70. The lowest BCUT2D eigenvalue weighted by Crippen LogP contribution is -2.13. The molecule has 3 aromatic carbocycles. The zero-order valence-electron chi connectivity index (χ0n) is 18.1. The van der Waals surface area contributed by atoms with Crippen LogP contribution in [-0.2, 0) is 4.79 Å². The van der Waals surface area contributed by atoms with Crippen LogP contribution in [0.3, 0.4) is 0 Å². The average Bonchev–Trinajstić information content (AvgIpc) is 3.09. The molecule has 162 valence electrons. The second-order valence-corrected chi connectivity index (χ2v) is 7.62. The molecule has 1 heterocycles. The maximum Gasteiger partial charge on any atom is 0.269 e. The minimum atomic E-state index is -0.493. The van der Waals surface area contributed by atoms with Gasteiger partial charge >= 0.3 is 0 Å². The van der Waals surface area contributed by atoms with Crippen molar-refractivity contribution in [3.8, 4) is 11.8 Å². The zero-order chi connectivity index (χ0) is 23.5. The highest BCUT2D eigenvalue weighted by molar-refractivity contribution is 6.10. The fourth-order valence-corrected chi connectivity index (χ4v) is 3.82. The highest BCUT2D eigenvalue weighted by atomic mass is 16.6. The van der Waals surface area contributed by atoms with Gasteiger partial charge < -0.3 is 9.88 Å². The molecule has 0 saturated heterocycles. The Hall–Kier alpha value is -4.70. The third-order valence-corrected chi connectivity index (χ3v) is 5.46. The van der Waals surface area contributed by atoms with E-state index in [1.807, 2.05) is 66.9 Å². The van der Waals surface area contributed by atoms with Gasteiger partial charge in [-0.05, 0) is 66.6 Å². The van der Waals surface area contributed by atoms with Crippen molar-refractivity contribution in [2.24, 2.45) is 0 Å². The highest BCUT2D eigenvalue weighted by Gasteiger charge is 2.15. The van der Waals surface area contributed by atoms with Crippen LogP contribution in [0.1, 0.15) is 17.0 Å². The quantitative estimate of drug-likeness (QED) is 0.188. The van der Waals surface area contributed by atoms with Crippen molar-refractivity contribution in [2.75, 3.05) is 5.32 Å². The van der Waals surface area contributed by atoms with Gasteiger partial charge in [-0.15, -0.1) is 0 Å². The fourth-order valence-electron chi connectivity index (χ4n) is 3.82. The van der Waals surface area contributed by atoms with E-state index >= 15 is 0 Å². The maximum atomic E-state index is 12.8.